The molecule has 2 fully saturated rings. The molecular weight excluding hydrogens is 288 g/mol. The highest BCUT2D eigenvalue weighted by atomic mass is 16.2. The molecule has 0 spiro atoms. The van der Waals surface area contributed by atoms with E-state index in [1.807, 2.05) is 39.0 Å². The topological polar surface area (TPSA) is 49.4 Å². The van der Waals surface area contributed by atoms with Crippen LogP contribution >= 0.6 is 0 Å². The molecule has 4 nitrogen and oxygen atoms in total. The third kappa shape index (κ3) is 2.87. The van der Waals surface area contributed by atoms with Crippen LogP contribution in [0.2, 0.25) is 0 Å². The molecule has 0 radical (unpaired) electrons. The van der Waals surface area contributed by atoms with Crippen molar-refractivity contribution in [1.82, 2.24) is 5.32 Å². The van der Waals surface area contributed by atoms with E-state index in [1.54, 1.807) is 4.90 Å². The van der Waals surface area contributed by atoms with E-state index in [9.17, 15) is 9.59 Å². The van der Waals surface area contributed by atoms with Gasteiger partial charge in [0, 0.05) is 18.2 Å². The van der Waals surface area contributed by atoms with E-state index in [-0.39, 0.29) is 17.9 Å². The summed E-state index contributed by atoms with van der Waals surface area (Å²) in [4.78, 5) is 27.2. The molecule has 1 heterocycles. The fourth-order valence-electron chi connectivity index (χ4n) is 3.84. The van der Waals surface area contributed by atoms with Crippen LogP contribution in [0.4, 0.5) is 5.69 Å². The Morgan fingerprint density at radius 1 is 1.26 bits per heavy atom. The highest BCUT2D eigenvalue weighted by molar-refractivity contribution is 6.07. The van der Waals surface area contributed by atoms with E-state index in [0.717, 1.165) is 29.7 Å². The Kier molecular flexibility index (Phi) is 4.17. The minimum absolute atomic E-state index is 0.00356. The lowest BCUT2D eigenvalue weighted by Crippen LogP contribution is -2.56. The van der Waals surface area contributed by atoms with Gasteiger partial charge in [-0.1, -0.05) is 25.0 Å². The van der Waals surface area contributed by atoms with Gasteiger partial charge in [-0.25, -0.2) is 0 Å². The van der Waals surface area contributed by atoms with Gasteiger partial charge in [0.15, 0.2) is 0 Å². The van der Waals surface area contributed by atoms with Crippen molar-refractivity contribution in [2.75, 3.05) is 4.90 Å². The lowest BCUT2D eigenvalue weighted by atomic mass is 9.95. The third-order valence-corrected chi connectivity index (χ3v) is 5.35. The Morgan fingerprint density at radius 3 is 2.65 bits per heavy atom. The van der Waals surface area contributed by atoms with Gasteiger partial charge in [-0.2, -0.15) is 0 Å². The molecule has 1 aromatic carbocycles. The fraction of sp³-hybridized carbons (Fsp3) is 0.579. The van der Waals surface area contributed by atoms with Gasteiger partial charge in [0.2, 0.25) is 11.8 Å². The Balaban J connectivity index is 1.91. The summed E-state index contributed by atoms with van der Waals surface area (Å²) in [5.41, 5.74) is 2.23. The molecule has 1 N–H and O–H groups in total. The van der Waals surface area contributed by atoms with Crippen molar-refractivity contribution < 1.29 is 9.59 Å². The number of benzene rings is 1. The van der Waals surface area contributed by atoms with E-state index in [0.29, 0.717) is 12.8 Å². The summed E-state index contributed by atoms with van der Waals surface area (Å²) in [6.07, 6.45) is 5.49. The van der Waals surface area contributed by atoms with Crippen LogP contribution in [0.15, 0.2) is 18.2 Å². The van der Waals surface area contributed by atoms with Gasteiger partial charge in [-0.15, -0.1) is 0 Å². The Bertz CT molecular complexity index is 634. The number of aryl methyl sites for hydroxylation is 2. The molecule has 0 unspecified atom stereocenters. The molecule has 1 saturated heterocycles. The molecule has 4 heteroatoms. The molecule has 1 atom stereocenters. The van der Waals surface area contributed by atoms with Crippen LogP contribution in [0.25, 0.3) is 0 Å². The Labute approximate surface area is 138 Å². The first-order valence-corrected chi connectivity index (χ1v) is 8.63. The molecule has 1 aromatic rings. The van der Waals surface area contributed by atoms with Gasteiger partial charge in [0.25, 0.3) is 0 Å². The molecule has 2 amide bonds. The minimum Gasteiger partial charge on any atom is -0.351 e. The summed E-state index contributed by atoms with van der Waals surface area (Å²) in [6.45, 7) is 5.92. The second-order valence-corrected chi connectivity index (χ2v) is 7.25. The normalized spacial score (nSPS) is 25.2. The number of amides is 2. The van der Waals surface area contributed by atoms with Gasteiger partial charge < -0.3 is 5.32 Å². The van der Waals surface area contributed by atoms with Crippen LogP contribution in [0.3, 0.4) is 0 Å². The quantitative estimate of drug-likeness (QED) is 0.931. The van der Waals surface area contributed by atoms with E-state index in [2.05, 4.69) is 5.32 Å². The lowest BCUT2D eigenvalue weighted by Gasteiger charge is -2.36. The van der Waals surface area contributed by atoms with Gasteiger partial charge in [-0.05, 0) is 57.2 Å². The summed E-state index contributed by atoms with van der Waals surface area (Å²) in [5.74, 6) is 0.0407. The average molecular weight is 314 g/mol. The Morgan fingerprint density at radius 2 is 1.96 bits per heavy atom. The van der Waals surface area contributed by atoms with E-state index < -0.39 is 5.54 Å². The lowest BCUT2D eigenvalue weighted by molar-refractivity contribution is -0.127. The van der Waals surface area contributed by atoms with Crippen molar-refractivity contribution >= 4 is 17.5 Å². The summed E-state index contributed by atoms with van der Waals surface area (Å²) in [7, 11) is 0. The van der Waals surface area contributed by atoms with Crippen LogP contribution in [-0.4, -0.2) is 23.4 Å². The second-order valence-electron chi connectivity index (χ2n) is 7.25. The van der Waals surface area contributed by atoms with Crippen LogP contribution in [0.1, 0.15) is 56.6 Å². The van der Waals surface area contributed by atoms with Crippen molar-refractivity contribution in [1.29, 1.82) is 0 Å². The second kappa shape index (κ2) is 5.99. The van der Waals surface area contributed by atoms with Crippen molar-refractivity contribution in [2.24, 2.45) is 0 Å². The first-order valence-electron chi connectivity index (χ1n) is 8.63. The maximum Gasteiger partial charge on any atom is 0.246 e. The van der Waals surface area contributed by atoms with Crippen molar-refractivity contribution in [3.05, 3.63) is 29.3 Å². The zero-order valence-electron chi connectivity index (χ0n) is 14.3. The maximum absolute atomic E-state index is 12.9. The largest absolute Gasteiger partial charge is 0.351 e. The summed E-state index contributed by atoms with van der Waals surface area (Å²) >= 11 is 0. The number of rotatable bonds is 3. The van der Waals surface area contributed by atoms with Crippen LogP contribution in [-0.2, 0) is 9.59 Å². The smallest absolute Gasteiger partial charge is 0.246 e. The van der Waals surface area contributed by atoms with Gasteiger partial charge in [0.05, 0.1) is 0 Å². The molecule has 1 aliphatic carbocycles. The fourth-order valence-corrected chi connectivity index (χ4v) is 3.84. The zero-order chi connectivity index (χ0) is 16.6. The minimum atomic E-state index is -0.780. The predicted octanol–water partition coefficient (Wildman–Crippen LogP) is 3.25. The molecule has 1 aliphatic heterocycles. The third-order valence-electron chi connectivity index (χ3n) is 5.35. The monoisotopic (exact) mass is 314 g/mol. The van der Waals surface area contributed by atoms with Gasteiger partial charge in [0.1, 0.15) is 5.54 Å². The first kappa shape index (κ1) is 16.0. The van der Waals surface area contributed by atoms with Crippen LogP contribution in [0.5, 0.6) is 0 Å². The van der Waals surface area contributed by atoms with Crippen LogP contribution in [0, 0.1) is 13.8 Å². The molecule has 3 rings (SSSR count). The molecule has 0 bridgehead atoms. The zero-order valence-corrected chi connectivity index (χ0v) is 14.3. The van der Waals surface area contributed by atoms with Gasteiger partial charge in [-0.3, -0.25) is 14.5 Å². The molecular formula is C19H26N2O2. The number of hydrogen-bond donors (Lipinski definition) is 1. The Hall–Kier alpha value is -1.84. The SMILES string of the molecule is Cc1ccc(C)c(N2C(=O)CC[C@@]2(C)C(=O)NC2CCCC2)c1. The number of hydrogen-bond acceptors (Lipinski definition) is 2. The number of carbonyl (C=O) groups excluding carboxylic acids is 2. The number of nitrogens with one attached hydrogen (secondary N) is 1. The van der Waals surface area contributed by atoms with Gasteiger partial charge >= 0.3 is 0 Å². The highest BCUT2D eigenvalue weighted by Crippen LogP contribution is 2.37. The summed E-state index contributed by atoms with van der Waals surface area (Å²) in [5, 5.41) is 3.18. The molecule has 0 aromatic heterocycles. The molecule has 124 valence electrons. The van der Waals surface area contributed by atoms with Crippen molar-refractivity contribution in [3.63, 3.8) is 0 Å². The van der Waals surface area contributed by atoms with Crippen molar-refractivity contribution in [3.8, 4) is 0 Å². The maximum atomic E-state index is 12.9. The standard InChI is InChI=1S/C19H26N2O2/c1-13-8-9-14(2)16(12-13)21-17(22)10-11-19(21,3)18(23)20-15-6-4-5-7-15/h8-9,12,15H,4-7,10-11H2,1-3H3,(H,20,23)/t19-/m0/s1. The van der Waals surface area contributed by atoms with E-state index >= 15 is 0 Å². The van der Waals surface area contributed by atoms with E-state index in [1.165, 1.54) is 12.8 Å². The van der Waals surface area contributed by atoms with Crippen LogP contribution < -0.4 is 10.2 Å². The number of nitrogens with zero attached hydrogens (tertiary/aromatic N) is 1. The number of carbonyl (C=O) groups is 2. The molecule has 23 heavy (non-hydrogen) atoms. The number of anilines is 1. The summed E-state index contributed by atoms with van der Waals surface area (Å²) in [6, 6.07) is 6.34. The molecule has 2 aliphatic rings. The first-order chi connectivity index (χ1) is 10.9. The predicted molar refractivity (Wildman–Crippen MR) is 91.4 cm³/mol. The molecule has 1 saturated carbocycles. The average Bonchev–Trinajstić information content (AvgIpc) is 3.11. The van der Waals surface area contributed by atoms with Crippen molar-refractivity contribution in [2.45, 2.75) is 70.9 Å². The summed E-state index contributed by atoms with van der Waals surface area (Å²) < 4.78 is 0. The highest BCUT2D eigenvalue weighted by Gasteiger charge is 2.49. The van der Waals surface area contributed by atoms with E-state index in [4.69, 9.17) is 0 Å².